The number of ether oxygens (including phenoxy) is 1. The van der Waals surface area contributed by atoms with E-state index in [0.29, 0.717) is 6.61 Å². The average Bonchev–Trinajstić information content (AvgIpc) is 2.96. The van der Waals surface area contributed by atoms with Crippen molar-refractivity contribution in [2.45, 2.75) is 18.9 Å². The Hall–Kier alpha value is -2.76. The van der Waals surface area contributed by atoms with Gasteiger partial charge in [0, 0.05) is 30.8 Å². The van der Waals surface area contributed by atoms with Gasteiger partial charge in [0.15, 0.2) is 0 Å². The van der Waals surface area contributed by atoms with E-state index in [1.807, 2.05) is 31.2 Å². The van der Waals surface area contributed by atoms with Crippen LogP contribution in [0.2, 0.25) is 0 Å². The Morgan fingerprint density at radius 2 is 2.09 bits per heavy atom. The molecule has 0 fully saturated rings. The molecular formula is C17H19N3O3. The summed E-state index contributed by atoms with van der Waals surface area (Å²) in [5.41, 5.74) is 1.10. The molecular weight excluding hydrogens is 294 g/mol. The molecule has 23 heavy (non-hydrogen) atoms. The van der Waals surface area contributed by atoms with Crippen LogP contribution in [-0.4, -0.2) is 23.2 Å². The van der Waals surface area contributed by atoms with Gasteiger partial charge in [-0.3, -0.25) is 4.79 Å². The number of para-hydroxylation sites is 1. The first kappa shape index (κ1) is 15.1. The van der Waals surface area contributed by atoms with E-state index in [4.69, 9.17) is 4.74 Å². The summed E-state index contributed by atoms with van der Waals surface area (Å²) in [6.07, 6.45) is 1.64. The van der Waals surface area contributed by atoms with Crippen LogP contribution in [0.5, 0.6) is 5.75 Å². The van der Waals surface area contributed by atoms with Crippen molar-refractivity contribution in [1.82, 2.24) is 9.88 Å². The Morgan fingerprint density at radius 1 is 1.30 bits per heavy atom. The predicted molar refractivity (Wildman–Crippen MR) is 88.0 cm³/mol. The molecule has 1 aliphatic rings. The summed E-state index contributed by atoms with van der Waals surface area (Å²) in [6.45, 7) is 2.46. The smallest absolute Gasteiger partial charge is 0.319 e. The number of urea groups is 1. The third-order valence-electron chi connectivity index (χ3n) is 4.07. The number of nitrogens with one attached hydrogen (secondary N) is 2. The van der Waals surface area contributed by atoms with Crippen LogP contribution in [0.4, 0.5) is 10.5 Å². The molecule has 0 bridgehead atoms. The highest BCUT2D eigenvalue weighted by Crippen LogP contribution is 2.35. The van der Waals surface area contributed by atoms with Crippen molar-refractivity contribution in [2.24, 2.45) is 7.05 Å². The number of rotatable bonds is 3. The third kappa shape index (κ3) is 3.06. The molecule has 3 rings (SSSR count). The number of aromatic nitrogens is 1. The van der Waals surface area contributed by atoms with E-state index in [1.165, 1.54) is 4.57 Å². The maximum absolute atomic E-state index is 12.1. The number of anilines is 1. The third-order valence-corrected chi connectivity index (χ3v) is 4.07. The lowest BCUT2D eigenvalue weighted by atomic mass is 9.94. The molecule has 0 saturated carbocycles. The first-order chi connectivity index (χ1) is 11.1. The van der Waals surface area contributed by atoms with E-state index < -0.39 is 6.03 Å². The number of benzene rings is 1. The van der Waals surface area contributed by atoms with Crippen molar-refractivity contribution in [3.8, 4) is 5.75 Å². The number of hydrogen-bond acceptors (Lipinski definition) is 3. The molecule has 2 atom stereocenters. The SMILES string of the molecule is CC(NC(=O)Nc1cccn(C)c1=O)C1COc2ccccc21. The van der Waals surface area contributed by atoms with Crippen LogP contribution in [0.1, 0.15) is 18.4 Å². The number of carbonyl (C=O) groups is 1. The summed E-state index contributed by atoms with van der Waals surface area (Å²) in [5.74, 6) is 0.957. The van der Waals surface area contributed by atoms with Crippen LogP contribution in [0.15, 0.2) is 47.4 Å². The van der Waals surface area contributed by atoms with Gasteiger partial charge in [0.1, 0.15) is 11.4 Å². The Bertz CT molecular complexity index is 785. The first-order valence-corrected chi connectivity index (χ1v) is 7.51. The molecule has 2 heterocycles. The van der Waals surface area contributed by atoms with Gasteiger partial charge in [-0.1, -0.05) is 18.2 Å². The molecule has 1 aromatic carbocycles. The Labute approximate surface area is 134 Å². The fourth-order valence-electron chi connectivity index (χ4n) is 2.76. The zero-order valence-corrected chi connectivity index (χ0v) is 13.1. The lowest BCUT2D eigenvalue weighted by molar-refractivity contribution is 0.244. The standard InChI is InChI=1S/C17H19N3O3/c1-11(13-10-23-15-8-4-3-6-12(13)15)18-17(22)19-14-7-5-9-20(2)16(14)21/h3-9,11,13H,10H2,1-2H3,(H2,18,19,22). The maximum Gasteiger partial charge on any atom is 0.319 e. The van der Waals surface area contributed by atoms with E-state index in [-0.39, 0.29) is 23.2 Å². The van der Waals surface area contributed by atoms with Crippen molar-refractivity contribution >= 4 is 11.7 Å². The van der Waals surface area contributed by atoms with Crippen molar-refractivity contribution in [3.05, 3.63) is 58.5 Å². The molecule has 0 aliphatic carbocycles. The van der Waals surface area contributed by atoms with Crippen LogP contribution < -0.4 is 20.9 Å². The average molecular weight is 313 g/mol. The van der Waals surface area contributed by atoms with E-state index in [2.05, 4.69) is 10.6 Å². The molecule has 0 saturated heterocycles. The lowest BCUT2D eigenvalue weighted by Gasteiger charge is -2.20. The Balaban J connectivity index is 1.67. The van der Waals surface area contributed by atoms with Crippen molar-refractivity contribution < 1.29 is 9.53 Å². The number of aryl methyl sites for hydroxylation is 1. The second-order valence-corrected chi connectivity index (χ2v) is 5.68. The summed E-state index contributed by atoms with van der Waals surface area (Å²) < 4.78 is 7.06. The maximum atomic E-state index is 12.1. The van der Waals surface area contributed by atoms with Gasteiger partial charge in [-0.25, -0.2) is 4.79 Å². The number of amides is 2. The molecule has 1 aromatic heterocycles. The van der Waals surface area contributed by atoms with Gasteiger partial charge in [0.05, 0.1) is 6.61 Å². The summed E-state index contributed by atoms with van der Waals surface area (Å²) in [7, 11) is 1.64. The number of carbonyl (C=O) groups excluding carboxylic acids is 1. The van der Waals surface area contributed by atoms with Crippen LogP contribution >= 0.6 is 0 Å². The van der Waals surface area contributed by atoms with Gasteiger partial charge in [-0.05, 0) is 25.1 Å². The lowest BCUT2D eigenvalue weighted by Crippen LogP contribution is -2.41. The number of nitrogens with zero attached hydrogens (tertiary/aromatic N) is 1. The molecule has 0 spiro atoms. The summed E-state index contributed by atoms with van der Waals surface area (Å²) in [6, 6.07) is 10.6. The van der Waals surface area contributed by atoms with E-state index in [0.717, 1.165) is 11.3 Å². The van der Waals surface area contributed by atoms with Gasteiger partial charge in [0.2, 0.25) is 0 Å². The quantitative estimate of drug-likeness (QED) is 0.911. The molecule has 6 nitrogen and oxygen atoms in total. The van der Waals surface area contributed by atoms with E-state index >= 15 is 0 Å². The normalized spacial score (nSPS) is 17.0. The van der Waals surface area contributed by atoms with Crippen molar-refractivity contribution in [2.75, 3.05) is 11.9 Å². The molecule has 120 valence electrons. The Kier molecular flexibility index (Phi) is 4.06. The number of hydrogen-bond donors (Lipinski definition) is 2. The molecule has 1 aliphatic heterocycles. The summed E-state index contributed by atoms with van der Waals surface area (Å²) in [4.78, 5) is 24.1. The van der Waals surface area contributed by atoms with E-state index in [9.17, 15) is 9.59 Å². The number of fused-ring (bicyclic) bond motifs is 1. The van der Waals surface area contributed by atoms with Crippen LogP contribution in [0.3, 0.4) is 0 Å². The minimum absolute atomic E-state index is 0.0931. The zero-order valence-electron chi connectivity index (χ0n) is 13.1. The van der Waals surface area contributed by atoms with Crippen LogP contribution in [-0.2, 0) is 7.05 Å². The minimum Gasteiger partial charge on any atom is -0.493 e. The van der Waals surface area contributed by atoms with Gasteiger partial charge in [-0.2, -0.15) is 0 Å². The first-order valence-electron chi connectivity index (χ1n) is 7.51. The van der Waals surface area contributed by atoms with E-state index in [1.54, 1.807) is 25.4 Å². The van der Waals surface area contributed by atoms with Gasteiger partial charge in [-0.15, -0.1) is 0 Å². The van der Waals surface area contributed by atoms with Crippen LogP contribution in [0, 0.1) is 0 Å². The molecule has 2 amide bonds. The minimum atomic E-state index is -0.398. The van der Waals surface area contributed by atoms with Gasteiger partial charge in [0.25, 0.3) is 5.56 Å². The van der Waals surface area contributed by atoms with Crippen molar-refractivity contribution in [1.29, 1.82) is 0 Å². The summed E-state index contributed by atoms with van der Waals surface area (Å²) in [5, 5.41) is 5.48. The molecule has 2 unspecified atom stereocenters. The highest BCUT2D eigenvalue weighted by atomic mass is 16.5. The highest BCUT2D eigenvalue weighted by Gasteiger charge is 2.29. The van der Waals surface area contributed by atoms with Gasteiger partial charge >= 0.3 is 6.03 Å². The fourth-order valence-corrected chi connectivity index (χ4v) is 2.76. The number of pyridine rings is 1. The fraction of sp³-hybridized carbons (Fsp3) is 0.294. The topological polar surface area (TPSA) is 72.4 Å². The monoisotopic (exact) mass is 313 g/mol. The predicted octanol–water partition coefficient (Wildman–Crippen LogP) is 2.07. The summed E-state index contributed by atoms with van der Waals surface area (Å²) >= 11 is 0. The van der Waals surface area contributed by atoms with Crippen molar-refractivity contribution in [3.63, 3.8) is 0 Å². The second kappa shape index (κ2) is 6.16. The molecule has 6 heteroatoms. The largest absolute Gasteiger partial charge is 0.493 e. The second-order valence-electron chi connectivity index (χ2n) is 5.68. The molecule has 2 aromatic rings. The highest BCUT2D eigenvalue weighted by molar-refractivity contribution is 5.89. The molecule has 2 N–H and O–H groups in total. The van der Waals surface area contributed by atoms with Gasteiger partial charge < -0.3 is 19.9 Å². The Morgan fingerprint density at radius 3 is 2.91 bits per heavy atom. The van der Waals surface area contributed by atoms with Crippen LogP contribution in [0.25, 0.3) is 0 Å². The zero-order chi connectivity index (χ0) is 16.4. The molecule has 0 radical (unpaired) electrons.